The zero-order valence-corrected chi connectivity index (χ0v) is 13.9. The van der Waals surface area contributed by atoms with Crippen molar-refractivity contribution in [3.8, 4) is 11.3 Å². The highest BCUT2D eigenvalue weighted by Gasteiger charge is 2.36. The Hall–Kier alpha value is -2.47. The van der Waals surface area contributed by atoms with Crippen LogP contribution in [0.1, 0.15) is 25.7 Å². The van der Waals surface area contributed by atoms with E-state index in [0.717, 1.165) is 25.0 Å². The molecule has 2 aliphatic rings. The van der Waals surface area contributed by atoms with E-state index < -0.39 is 0 Å². The van der Waals surface area contributed by atoms with Crippen molar-refractivity contribution in [2.75, 3.05) is 11.9 Å². The molecule has 0 radical (unpaired) electrons. The molecule has 6 heteroatoms. The Morgan fingerprint density at radius 2 is 1.92 bits per heavy atom. The monoisotopic (exact) mass is 339 g/mol. The van der Waals surface area contributed by atoms with Crippen LogP contribution >= 0.6 is 0 Å². The average molecular weight is 339 g/mol. The van der Waals surface area contributed by atoms with E-state index in [1.54, 1.807) is 6.07 Å². The highest BCUT2D eigenvalue weighted by Crippen LogP contribution is 2.38. The van der Waals surface area contributed by atoms with Gasteiger partial charge in [-0.2, -0.15) is 0 Å². The Bertz CT molecular complexity index is 762. The quantitative estimate of drug-likeness (QED) is 0.657. The fraction of sp³-hybridized carbons (Fsp3) is 0.421. The van der Waals surface area contributed by atoms with Gasteiger partial charge >= 0.3 is 0 Å². The smallest absolute Gasteiger partial charge is 0.295 e. The number of nitrogens with one attached hydrogen (secondary N) is 1. The Morgan fingerprint density at radius 1 is 1.12 bits per heavy atom. The Balaban J connectivity index is 1.57. The summed E-state index contributed by atoms with van der Waals surface area (Å²) in [5.74, 6) is 1.40. The summed E-state index contributed by atoms with van der Waals surface area (Å²) in [6, 6.07) is 12.8. The first-order chi connectivity index (χ1) is 12.2. The third-order valence-corrected chi connectivity index (χ3v) is 4.93. The summed E-state index contributed by atoms with van der Waals surface area (Å²) >= 11 is 0. The topological polar surface area (TPSA) is 77.3 Å². The molecule has 0 unspecified atom stereocenters. The minimum absolute atomic E-state index is 0.0274. The van der Waals surface area contributed by atoms with Crippen LogP contribution in [0.4, 0.5) is 11.5 Å². The second kappa shape index (κ2) is 6.80. The predicted octanol–water partition coefficient (Wildman–Crippen LogP) is 4.03. The van der Waals surface area contributed by atoms with E-state index in [0.29, 0.717) is 29.6 Å². The van der Waals surface area contributed by atoms with Crippen LogP contribution in [0.25, 0.3) is 11.3 Å². The van der Waals surface area contributed by atoms with Gasteiger partial charge in [0.2, 0.25) is 0 Å². The lowest BCUT2D eigenvalue weighted by atomic mass is 10.00. The van der Waals surface area contributed by atoms with Crippen LogP contribution in [0, 0.1) is 16.0 Å². The summed E-state index contributed by atoms with van der Waals surface area (Å²) in [6.45, 7) is 0.761. The van der Waals surface area contributed by atoms with Gasteiger partial charge in [-0.3, -0.25) is 10.1 Å². The lowest BCUT2D eigenvalue weighted by molar-refractivity contribution is -0.384. The maximum Gasteiger partial charge on any atom is 0.295 e. The van der Waals surface area contributed by atoms with Crippen LogP contribution in [-0.4, -0.2) is 28.7 Å². The van der Waals surface area contributed by atoms with E-state index in [-0.39, 0.29) is 10.6 Å². The second-order valence-electron chi connectivity index (χ2n) is 6.80. The zero-order valence-electron chi connectivity index (χ0n) is 13.9. The van der Waals surface area contributed by atoms with E-state index in [1.807, 2.05) is 30.3 Å². The molecule has 4 rings (SSSR count). The fourth-order valence-electron chi connectivity index (χ4n) is 3.45. The number of benzene rings is 1. The van der Waals surface area contributed by atoms with Crippen molar-refractivity contribution < 1.29 is 9.66 Å². The third kappa shape index (κ3) is 3.64. The molecule has 0 amide bonds. The van der Waals surface area contributed by atoms with Crippen molar-refractivity contribution in [3.63, 3.8) is 0 Å². The molecule has 2 atom stereocenters. The molecule has 1 saturated carbocycles. The molecule has 25 heavy (non-hydrogen) atoms. The first-order valence-corrected chi connectivity index (χ1v) is 8.79. The third-order valence-electron chi connectivity index (χ3n) is 4.93. The van der Waals surface area contributed by atoms with Gasteiger partial charge in [0.1, 0.15) is 5.82 Å². The summed E-state index contributed by atoms with van der Waals surface area (Å²) in [4.78, 5) is 15.5. The number of rotatable bonds is 5. The SMILES string of the molecule is O=[N+]([O-])c1ccc(N[C@@H]2CCO[C@H](C3CC3)C2)nc1-c1ccccc1. The van der Waals surface area contributed by atoms with Gasteiger partial charge in [0.25, 0.3) is 5.69 Å². The average Bonchev–Trinajstić information content (AvgIpc) is 3.48. The standard InChI is InChI=1S/C19H21N3O3/c23-22(24)16-8-9-18(21-19(16)14-4-2-1-3-5-14)20-15-10-11-25-17(12-15)13-6-7-13/h1-5,8-9,13,15,17H,6-7,10-12H2,(H,20,21)/t15-,17+/m1/s1. The summed E-state index contributed by atoms with van der Waals surface area (Å²) < 4.78 is 5.86. The molecule has 130 valence electrons. The zero-order chi connectivity index (χ0) is 17.2. The minimum Gasteiger partial charge on any atom is -0.378 e. The van der Waals surface area contributed by atoms with Gasteiger partial charge in [0.05, 0.1) is 11.0 Å². The van der Waals surface area contributed by atoms with Crippen LogP contribution in [0.2, 0.25) is 0 Å². The molecule has 1 aromatic heterocycles. The normalized spacial score (nSPS) is 23.2. The molecule has 2 heterocycles. The molecule has 2 aromatic rings. The van der Waals surface area contributed by atoms with Gasteiger partial charge in [-0.1, -0.05) is 30.3 Å². The van der Waals surface area contributed by atoms with Gasteiger partial charge in [0, 0.05) is 24.3 Å². The summed E-state index contributed by atoms with van der Waals surface area (Å²) in [6.07, 6.45) is 4.79. The number of anilines is 1. The highest BCUT2D eigenvalue weighted by molar-refractivity contribution is 5.71. The van der Waals surface area contributed by atoms with E-state index in [1.165, 1.54) is 18.9 Å². The molecule has 1 aliphatic heterocycles. The Kier molecular flexibility index (Phi) is 4.36. The predicted molar refractivity (Wildman–Crippen MR) is 95.4 cm³/mol. The van der Waals surface area contributed by atoms with Gasteiger partial charge in [-0.25, -0.2) is 4.98 Å². The lowest BCUT2D eigenvalue weighted by Gasteiger charge is -2.30. The van der Waals surface area contributed by atoms with Crippen LogP contribution in [0.3, 0.4) is 0 Å². The van der Waals surface area contributed by atoms with Crippen LogP contribution in [0.15, 0.2) is 42.5 Å². The summed E-state index contributed by atoms with van der Waals surface area (Å²) in [5.41, 5.74) is 1.18. The molecular formula is C19H21N3O3. The first-order valence-electron chi connectivity index (χ1n) is 8.79. The van der Waals surface area contributed by atoms with Crippen molar-refractivity contribution in [3.05, 3.63) is 52.6 Å². The number of nitrogens with zero attached hydrogens (tertiary/aromatic N) is 2. The molecule has 1 saturated heterocycles. The highest BCUT2D eigenvalue weighted by atomic mass is 16.6. The van der Waals surface area contributed by atoms with Gasteiger partial charge in [-0.05, 0) is 37.7 Å². The molecular weight excluding hydrogens is 318 g/mol. The summed E-state index contributed by atoms with van der Waals surface area (Å²) in [7, 11) is 0. The van der Waals surface area contributed by atoms with Crippen molar-refractivity contribution >= 4 is 11.5 Å². The van der Waals surface area contributed by atoms with Crippen molar-refractivity contribution in [2.24, 2.45) is 5.92 Å². The second-order valence-corrected chi connectivity index (χ2v) is 6.80. The maximum atomic E-state index is 11.3. The lowest BCUT2D eigenvalue weighted by Crippen LogP contribution is -2.35. The van der Waals surface area contributed by atoms with E-state index in [2.05, 4.69) is 10.3 Å². The van der Waals surface area contributed by atoms with E-state index in [9.17, 15) is 10.1 Å². The fourth-order valence-corrected chi connectivity index (χ4v) is 3.45. The van der Waals surface area contributed by atoms with Gasteiger partial charge < -0.3 is 10.1 Å². The van der Waals surface area contributed by atoms with Crippen molar-refractivity contribution in [1.82, 2.24) is 4.98 Å². The van der Waals surface area contributed by atoms with E-state index >= 15 is 0 Å². The molecule has 1 N–H and O–H groups in total. The number of hydrogen-bond acceptors (Lipinski definition) is 5. The molecule has 1 aliphatic carbocycles. The number of aromatic nitrogens is 1. The molecule has 2 fully saturated rings. The number of ether oxygens (including phenoxy) is 1. The largest absolute Gasteiger partial charge is 0.378 e. The Labute approximate surface area is 146 Å². The molecule has 0 bridgehead atoms. The van der Waals surface area contributed by atoms with Crippen LogP contribution in [0.5, 0.6) is 0 Å². The van der Waals surface area contributed by atoms with Gasteiger partial charge in [-0.15, -0.1) is 0 Å². The van der Waals surface area contributed by atoms with E-state index in [4.69, 9.17) is 4.74 Å². The number of hydrogen-bond donors (Lipinski definition) is 1. The van der Waals surface area contributed by atoms with Gasteiger partial charge in [0.15, 0.2) is 5.69 Å². The number of pyridine rings is 1. The van der Waals surface area contributed by atoms with Crippen molar-refractivity contribution in [1.29, 1.82) is 0 Å². The maximum absolute atomic E-state index is 11.3. The first kappa shape index (κ1) is 16.0. The minimum atomic E-state index is -0.378. The van der Waals surface area contributed by atoms with Crippen LogP contribution < -0.4 is 5.32 Å². The molecule has 0 spiro atoms. The Morgan fingerprint density at radius 3 is 2.64 bits per heavy atom. The number of nitro groups is 1. The van der Waals surface area contributed by atoms with Crippen molar-refractivity contribution in [2.45, 2.75) is 37.8 Å². The summed E-state index contributed by atoms with van der Waals surface area (Å²) in [5, 5.41) is 14.8. The molecule has 6 nitrogen and oxygen atoms in total. The van der Waals surface area contributed by atoms with Crippen LogP contribution in [-0.2, 0) is 4.74 Å². The molecule has 1 aromatic carbocycles.